The molecule has 0 saturated carbocycles. The van der Waals surface area contributed by atoms with Crippen molar-refractivity contribution in [3.8, 4) is 6.07 Å². The van der Waals surface area contributed by atoms with Gasteiger partial charge >= 0.3 is 0 Å². The van der Waals surface area contributed by atoms with Crippen molar-refractivity contribution in [2.24, 2.45) is 0 Å². The number of nitriles is 1. The Kier molecular flexibility index (Phi) is 4.31. The molecule has 4 heteroatoms. The maximum Gasteiger partial charge on any atom is 0.186 e. The highest BCUT2D eigenvalue weighted by Crippen LogP contribution is 2.25. The second-order valence-corrected chi connectivity index (χ2v) is 10.1. The second kappa shape index (κ2) is 5.13. The van der Waals surface area contributed by atoms with Crippen LogP contribution in [0, 0.1) is 18.3 Å². The highest BCUT2D eigenvalue weighted by atomic mass is 79.9. The summed E-state index contributed by atoms with van der Waals surface area (Å²) >= 11 is 3.45. The van der Waals surface area contributed by atoms with Gasteiger partial charge in [0.2, 0.25) is 0 Å². The Morgan fingerprint density at radius 3 is 2.44 bits per heavy atom. The Labute approximate surface area is 106 Å². The molecule has 16 heavy (non-hydrogen) atoms. The van der Waals surface area contributed by atoms with Crippen LogP contribution in [0.1, 0.15) is 17.2 Å². The lowest BCUT2D eigenvalue weighted by atomic mass is 10.1. The van der Waals surface area contributed by atoms with Gasteiger partial charge in [-0.15, -0.1) is 0 Å². The molecule has 1 rings (SSSR count). The van der Waals surface area contributed by atoms with Gasteiger partial charge in [0.15, 0.2) is 14.4 Å². The van der Waals surface area contributed by atoms with E-state index in [1.54, 1.807) is 0 Å². The van der Waals surface area contributed by atoms with Crippen LogP contribution in [-0.2, 0) is 4.43 Å². The van der Waals surface area contributed by atoms with Crippen LogP contribution in [0.15, 0.2) is 22.7 Å². The zero-order valence-electron chi connectivity index (χ0n) is 10.0. The van der Waals surface area contributed by atoms with E-state index in [2.05, 4.69) is 41.6 Å². The van der Waals surface area contributed by atoms with Gasteiger partial charge in [0.25, 0.3) is 0 Å². The van der Waals surface area contributed by atoms with Crippen molar-refractivity contribution in [1.29, 1.82) is 5.26 Å². The van der Waals surface area contributed by atoms with Crippen LogP contribution in [0.4, 0.5) is 0 Å². The molecule has 1 aromatic carbocycles. The summed E-state index contributed by atoms with van der Waals surface area (Å²) in [6.07, 6.45) is -0.446. The summed E-state index contributed by atoms with van der Waals surface area (Å²) in [4.78, 5) is 0. The molecule has 0 aliphatic carbocycles. The van der Waals surface area contributed by atoms with Gasteiger partial charge in [-0.25, -0.2) is 0 Å². The summed E-state index contributed by atoms with van der Waals surface area (Å²) in [5, 5.41) is 9.14. The number of rotatable bonds is 3. The summed E-state index contributed by atoms with van der Waals surface area (Å²) in [6.45, 7) is 8.27. The molecule has 0 radical (unpaired) electrons. The number of nitrogens with zero attached hydrogens (tertiary/aromatic N) is 1. The van der Waals surface area contributed by atoms with Gasteiger partial charge in [-0.2, -0.15) is 5.26 Å². The summed E-state index contributed by atoms with van der Waals surface area (Å²) in [6, 6.07) is 8.11. The Balaban J connectivity index is 2.97. The minimum atomic E-state index is -1.69. The first-order valence-electron chi connectivity index (χ1n) is 5.17. The third kappa shape index (κ3) is 3.74. The van der Waals surface area contributed by atoms with Crippen molar-refractivity contribution in [2.45, 2.75) is 32.7 Å². The number of aryl methyl sites for hydroxylation is 1. The monoisotopic (exact) mass is 297 g/mol. The Bertz CT molecular complexity index is 420. The van der Waals surface area contributed by atoms with E-state index in [9.17, 15) is 0 Å². The van der Waals surface area contributed by atoms with E-state index < -0.39 is 14.4 Å². The number of halogens is 1. The molecule has 0 aromatic heterocycles. The third-order valence-electron chi connectivity index (χ3n) is 2.07. The Morgan fingerprint density at radius 1 is 1.38 bits per heavy atom. The standard InChI is InChI=1S/C12H16BrNOSi/c1-9-7-10(5-6-11(9)13)12(8-14)15-16(2,3)4/h5-7,12H,1-4H3. The van der Waals surface area contributed by atoms with Gasteiger partial charge in [0.1, 0.15) is 0 Å². The molecule has 0 aliphatic heterocycles. The van der Waals surface area contributed by atoms with Crippen LogP contribution in [0.25, 0.3) is 0 Å². The first kappa shape index (κ1) is 13.4. The fraction of sp³-hybridized carbons (Fsp3) is 0.417. The van der Waals surface area contributed by atoms with Gasteiger partial charge in [-0.3, -0.25) is 0 Å². The van der Waals surface area contributed by atoms with Crippen LogP contribution in [0.5, 0.6) is 0 Å². The first-order chi connectivity index (χ1) is 7.33. The van der Waals surface area contributed by atoms with Crippen molar-refractivity contribution < 1.29 is 4.43 Å². The molecule has 0 amide bonds. The van der Waals surface area contributed by atoms with Crippen LogP contribution in [0.3, 0.4) is 0 Å². The summed E-state index contributed by atoms with van der Waals surface area (Å²) in [7, 11) is -1.69. The minimum Gasteiger partial charge on any atom is -0.399 e. The summed E-state index contributed by atoms with van der Waals surface area (Å²) in [5.41, 5.74) is 2.06. The van der Waals surface area contributed by atoms with E-state index in [0.717, 1.165) is 15.6 Å². The van der Waals surface area contributed by atoms with E-state index >= 15 is 0 Å². The van der Waals surface area contributed by atoms with Gasteiger partial charge < -0.3 is 4.43 Å². The number of hydrogen-bond donors (Lipinski definition) is 0. The molecule has 1 atom stereocenters. The molecule has 0 N–H and O–H groups in total. The molecule has 86 valence electrons. The molecule has 0 bridgehead atoms. The van der Waals surface area contributed by atoms with E-state index in [-0.39, 0.29) is 0 Å². The Morgan fingerprint density at radius 2 is 2.00 bits per heavy atom. The minimum absolute atomic E-state index is 0.446. The zero-order chi connectivity index (χ0) is 12.3. The number of benzene rings is 1. The zero-order valence-corrected chi connectivity index (χ0v) is 12.6. The van der Waals surface area contributed by atoms with E-state index in [0.29, 0.717) is 0 Å². The van der Waals surface area contributed by atoms with Crippen molar-refractivity contribution in [2.75, 3.05) is 0 Å². The molecule has 0 fully saturated rings. The summed E-state index contributed by atoms with van der Waals surface area (Å²) in [5.74, 6) is 0. The van der Waals surface area contributed by atoms with E-state index in [1.165, 1.54) is 0 Å². The maximum atomic E-state index is 9.14. The van der Waals surface area contributed by atoms with Gasteiger partial charge in [-0.05, 0) is 43.8 Å². The van der Waals surface area contributed by atoms with Crippen molar-refractivity contribution in [3.05, 3.63) is 33.8 Å². The lowest BCUT2D eigenvalue weighted by Crippen LogP contribution is -2.27. The lowest BCUT2D eigenvalue weighted by molar-refractivity contribution is 0.255. The quantitative estimate of drug-likeness (QED) is 0.784. The molecule has 0 aliphatic rings. The SMILES string of the molecule is Cc1cc(C(C#N)O[Si](C)(C)C)ccc1Br. The van der Waals surface area contributed by atoms with Crippen LogP contribution in [0.2, 0.25) is 19.6 Å². The molecule has 2 nitrogen and oxygen atoms in total. The average Bonchev–Trinajstić information content (AvgIpc) is 2.17. The van der Waals surface area contributed by atoms with Gasteiger partial charge in [0.05, 0.1) is 6.07 Å². The van der Waals surface area contributed by atoms with Crippen molar-refractivity contribution in [1.82, 2.24) is 0 Å². The molecule has 0 saturated heterocycles. The van der Waals surface area contributed by atoms with Gasteiger partial charge in [0, 0.05) is 4.47 Å². The molecule has 1 unspecified atom stereocenters. The fourth-order valence-corrected chi connectivity index (χ4v) is 2.50. The predicted molar refractivity (Wildman–Crippen MR) is 71.7 cm³/mol. The second-order valence-electron chi connectivity index (χ2n) is 4.75. The van der Waals surface area contributed by atoms with E-state index in [4.69, 9.17) is 9.69 Å². The average molecular weight is 298 g/mol. The first-order valence-corrected chi connectivity index (χ1v) is 9.37. The third-order valence-corrected chi connectivity index (χ3v) is 3.91. The summed E-state index contributed by atoms with van der Waals surface area (Å²) < 4.78 is 6.89. The molecular formula is C12H16BrNOSi. The highest BCUT2D eigenvalue weighted by Gasteiger charge is 2.22. The Hall–Kier alpha value is -0.633. The number of hydrogen-bond acceptors (Lipinski definition) is 2. The predicted octanol–water partition coefficient (Wildman–Crippen LogP) is 4.17. The fourth-order valence-electron chi connectivity index (χ4n) is 1.35. The molecule has 1 aromatic rings. The van der Waals surface area contributed by atoms with Gasteiger partial charge in [-0.1, -0.05) is 28.1 Å². The van der Waals surface area contributed by atoms with Crippen molar-refractivity contribution in [3.63, 3.8) is 0 Å². The molecule has 0 heterocycles. The lowest BCUT2D eigenvalue weighted by Gasteiger charge is -2.22. The molecule has 0 spiro atoms. The maximum absolute atomic E-state index is 9.14. The normalized spacial score (nSPS) is 13.2. The van der Waals surface area contributed by atoms with Crippen LogP contribution >= 0.6 is 15.9 Å². The smallest absolute Gasteiger partial charge is 0.186 e. The van der Waals surface area contributed by atoms with E-state index in [1.807, 2.05) is 25.1 Å². The van der Waals surface area contributed by atoms with Crippen molar-refractivity contribution >= 4 is 24.2 Å². The molecular weight excluding hydrogens is 282 g/mol. The highest BCUT2D eigenvalue weighted by molar-refractivity contribution is 9.10. The topological polar surface area (TPSA) is 33.0 Å². The van der Waals surface area contributed by atoms with Crippen LogP contribution < -0.4 is 0 Å². The largest absolute Gasteiger partial charge is 0.399 e. The van der Waals surface area contributed by atoms with Crippen LogP contribution in [-0.4, -0.2) is 8.32 Å².